The highest BCUT2D eigenvalue weighted by Gasteiger charge is 2.39. The SMILES string of the molecule is CC(C)[C@H](OC(N)=O)C(=O)N1CCC[C@H]1c1ncc(-c2ccc3cc(-c4ccc(-c5cnc([C@@H]6CCCN6C(=O)[C@H](NC(=O)c6cccnc6)c6ccccc6)[nH]5)cc4)ccc3c2)[nH]1. The molecule has 64 heavy (non-hydrogen) atoms. The van der Waals surface area contributed by atoms with Crippen LogP contribution in [0.1, 0.15) is 85.2 Å². The predicted octanol–water partition coefficient (Wildman–Crippen LogP) is 8.30. The van der Waals surface area contributed by atoms with Gasteiger partial charge in [-0.1, -0.05) is 92.7 Å². The monoisotopic (exact) mass is 855 g/mol. The molecule has 5 heterocycles. The lowest BCUT2D eigenvalue weighted by molar-refractivity contribution is -0.143. The maximum atomic E-state index is 14.3. The zero-order valence-corrected chi connectivity index (χ0v) is 35.6. The Labute approximate surface area is 370 Å². The molecular weight excluding hydrogens is 807 g/mol. The Morgan fingerprint density at radius 3 is 1.88 bits per heavy atom. The summed E-state index contributed by atoms with van der Waals surface area (Å²) in [5, 5.41) is 5.13. The molecule has 2 aliphatic heterocycles. The Balaban J connectivity index is 0.874. The van der Waals surface area contributed by atoms with E-state index in [9.17, 15) is 19.2 Å². The molecule has 7 aromatic rings. The topological polar surface area (TPSA) is 192 Å². The van der Waals surface area contributed by atoms with E-state index < -0.39 is 18.2 Å². The van der Waals surface area contributed by atoms with Crippen molar-refractivity contribution in [2.24, 2.45) is 11.7 Å². The molecule has 14 heteroatoms. The largest absolute Gasteiger partial charge is 0.436 e. The van der Waals surface area contributed by atoms with Crippen LogP contribution in [-0.4, -0.2) is 77.7 Å². The van der Waals surface area contributed by atoms with E-state index in [1.54, 1.807) is 29.4 Å². The van der Waals surface area contributed by atoms with Crippen molar-refractivity contribution < 1.29 is 23.9 Å². The molecule has 4 amide bonds. The minimum atomic E-state index is -0.963. The van der Waals surface area contributed by atoms with Crippen molar-refractivity contribution in [1.29, 1.82) is 0 Å². The van der Waals surface area contributed by atoms with Crippen LogP contribution >= 0.6 is 0 Å². The normalized spacial score (nSPS) is 17.1. The van der Waals surface area contributed by atoms with Crippen LogP contribution in [-0.2, 0) is 14.3 Å². The predicted molar refractivity (Wildman–Crippen MR) is 242 cm³/mol. The van der Waals surface area contributed by atoms with Crippen molar-refractivity contribution in [2.75, 3.05) is 13.1 Å². The number of nitrogens with one attached hydrogen (secondary N) is 3. The van der Waals surface area contributed by atoms with Gasteiger partial charge < -0.3 is 35.6 Å². The summed E-state index contributed by atoms with van der Waals surface area (Å²) >= 11 is 0. The lowest BCUT2D eigenvalue weighted by Gasteiger charge is -2.29. The zero-order valence-electron chi connectivity index (χ0n) is 35.6. The summed E-state index contributed by atoms with van der Waals surface area (Å²) in [6.07, 6.45) is 7.93. The number of imidazole rings is 2. The fourth-order valence-electron chi connectivity index (χ4n) is 8.94. The number of fused-ring (bicyclic) bond motifs is 1. The quantitative estimate of drug-likeness (QED) is 0.0943. The number of pyridine rings is 1. The van der Waals surface area contributed by atoms with Gasteiger partial charge in [0.05, 0.1) is 41.4 Å². The standard InChI is InChI=1S/C50H49N9O5/c1-30(2)44(64-50(51)63)49(62)59-24-8-13-42(59)46-54-29-40(56-46)37-21-20-35-25-34(18-19-36(35)26-37)31-14-16-32(17-15-31)39-28-53-45(55-39)41-12-7-23-58(41)48(61)43(33-9-4-3-5-10-33)57-47(60)38-11-6-22-52-27-38/h3-6,9-11,14-22,25-30,41-44H,7-8,12-13,23-24H2,1-2H3,(H2,51,63)(H,53,55)(H,54,56)(H,57,60)/t41-,42-,43+,44-/m0/s1. The minimum Gasteiger partial charge on any atom is -0.436 e. The van der Waals surface area contributed by atoms with Gasteiger partial charge in [-0.05, 0) is 88.9 Å². The van der Waals surface area contributed by atoms with Gasteiger partial charge in [0.15, 0.2) is 6.10 Å². The Morgan fingerprint density at radius 1 is 0.688 bits per heavy atom. The molecule has 324 valence electrons. The van der Waals surface area contributed by atoms with Crippen molar-refractivity contribution in [3.05, 3.63) is 151 Å². The second-order valence-corrected chi connectivity index (χ2v) is 16.8. The van der Waals surface area contributed by atoms with Crippen LogP contribution in [0, 0.1) is 5.92 Å². The molecule has 0 saturated carbocycles. The number of H-pyrrole nitrogens is 2. The molecule has 0 bridgehead atoms. The summed E-state index contributed by atoms with van der Waals surface area (Å²) < 4.78 is 5.20. The molecule has 2 aliphatic rings. The summed E-state index contributed by atoms with van der Waals surface area (Å²) in [7, 11) is 0. The van der Waals surface area contributed by atoms with E-state index in [1.165, 1.54) is 6.20 Å². The van der Waals surface area contributed by atoms with E-state index >= 15 is 0 Å². The van der Waals surface area contributed by atoms with E-state index in [4.69, 9.17) is 15.5 Å². The molecule has 2 fully saturated rings. The number of nitrogens with two attached hydrogens (primary N) is 1. The fourth-order valence-corrected chi connectivity index (χ4v) is 8.94. The molecule has 0 radical (unpaired) electrons. The average molecular weight is 856 g/mol. The van der Waals surface area contributed by atoms with Gasteiger partial charge in [0.1, 0.15) is 17.7 Å². The number of hydrogen-bond donors (Lipinski definition) is 4. The highest BCUT2D eigenvalue weighted by molar-refractivity contribution is 5.98. The fraction of sp³-hybridized carbons (Fsp3) is 0.260. The van der Waals surface area contributed by atoms with E-state index in [0.29, 0.717) is 35.9 Å². The maximum absolute atomic E-state index is 14.3. The molecule has 4 aromatic carbocycles. The number of hydrogen-bond acceptors (Lipinski definition) is 8. The highest BCUT2D eigenvalue weighted by atomic mass is 16.6. The third-order valence-corrected chi connectivity index (χ3v) is 12.2. The Bertz CT molecular complexity index is 2810. The molecule has 14 nitrogen and oxygen atoms in total. The van der Waals surface area contributed by atoms with Gasteiger partial charge in [-0.2, -0.15) is 0 Å². The number of aromatic nitrogens is 5. The molecule has 3 aromatic heterocycles. The van der Waals surface area contributed by atoms with Crippen molar-refractivity contribution in [3.8, 4) is 33.6 Å². The van der Waals surface area contributed by atoms with Crippen LogP contribution in [0.2, 0.25) is 0 Å². The van der Waals surface area contributed by atoms with Gasteiger partial charge in [0, 0.05) is 31.0 Å². The summed E-state index contributed by atoms with van der Waals surface area (Å²) in [5.41, 5.74) is 12.2. The molecule has 5 N–H and O–H groups in total. The first-order chi connectivity index (χ1) is 31.1. The van der Waals surface area contributed by atoms with Crippen molar-refractivity contribution in [1.82, 2.24) is 40.0 Å². The van der Waals surface area contributed by atoms with Gasteiger partial charge in [-0.25, -0.2) is 14.8 Å². The lowest BCUT2D eigenvalue weighted by Crippen LogP contribution is -2.44. The summed E-state index contributed by atoms with van der Waals surface area (Å²) in [4.78, 5) is 76.5. The van der Waals surface area contributed by atoms with Crippen LogP contribution in [0.5, 0.6) is 0 Å². The van der Waals surface area contributed by atoms with Crippen molar-refractivity contribution in [2.45, 2.75) is 63.8 Å². The summed E-state index contributed by atoms with van der Waals surface area (Å²) in [6.45, 7) is 4.76. The zero-order chi connectivity index (χ0) is 44.3. The van der Waals surface area contributed by atoms with Crippen LogP contribution in [0.25, 0.3) is 44.4 Å². The second-order valence-electron chi connectivity index (χ2n) is 16.8. The van der Waals surface area contributed by atoms with Crippen LogP contribution in [0.3, 0.4) is 0 Å². The summed E-state index contributed by atoms with van der Waals surface area (Å²) in [5.74, 6) is 0.362. The first-order valence-corrected chi connectivity index (χ1v) is 21.7. The summed E-state index contributed by atoms with van der Waals surface area (Å²) in [6, 6.07) is 32.3. The molecule has 0 aliphatic carbocycles. The van der Waals surface area contributed by atoms with Crippen molar-refractivity contribution in [3.63, 3.8) is 0 Å². The second kappa shape index (κ2) is 18.0. The van der Waals surface area contributed by atoms with Gasteiger partial charge in [0.25, 0.3) is 11.8 Å². The number of likely N-dealkylation sites (tertiary alicyclic amines) is 2. The third-order valence-electron chi connectivity index (χ3n) is 12.2. The molecule has 0 unspecified atom stereocenters. The van der Waals surface area contributed by atoms with E-state index in [0.717, 1.165) is 70.1 Å². The molecule has 9 rings (SSSR count). The number of rotatable bonds is 12. The number of nitrogens with zero attached hydrogens (tertiary/aromatic N) is 5. The third kappa shape index (κ3) is 8.58. The van der Waals surface area contributed by atoms with Gasteiger partial charge >= 0.3 is 6.09 Å². The minimum absolute atomic E-state index is 0.188. The van der Waals surface area contributed by atoms with Crippen LogP contribution in [0.15, 0.2) is 128 Å². The van der Waals surface area contributed by atoms with E-state index in [2.05, 4.69) is 85.9 Å². The van der Waals surface area contributed by atoms with Gasteiger partial charge in [0.2, 0.25) is 5.91 Å². The van der Waals surface area contributed by atoms with E-state index in [1.807, 2.05) is 55.3 Å². The Kier molecular flexibility index (Phi) is 11.7. The van der Waals surface area contributed by atoms with E-state index in [-0.39, 0.29) is 35.7 Å². The number of carbonyl (C=O) groups is 4. The number of benzene rings is 4. The Hall–Kier alpha value is -7.61. The average Bonchev–Trinajstić information content (AvgIpc) is 4.17. The highest BCUT2D eigenvalue weighted by Crippen LogP contribution is 2.36. The number of amides is 4. The molecule has 2 saturated heterocycles. The molecule has 4 atom stereocenters. The number of carbonyl (C=O) groups excluding carboxylic acids is 4. The smallest absolute Gasteiger partial charge is 0.405 e. The van der Waals surface area contributed by atoms with Crippen molar-refractivity contribution >= 4 is 34.6 Å². The maximum Gasteiger partial charge on any atom is 0.405 e. The van der Waals surface area contributed by atoms with Crippen LogP contribution < -0.4 is 11.1 Å². The molecular formula is C50H49N9O5. The lowest BCUT2D eigenvalue weighted by atomic mass is 9.98. The first-order valence-electron chi connectivity index (χ1n) is 21.7. The van der Waals surface area contributed by atoms with Gasteiger partial charge in [-0.15, -0.1) is 0 Å². The van der Waals surface area contributed by atoms with Crippen LogP contribution in [0.4, 0.5) is 4.79 Å². The number of aromatic amines is 2. The number of primary amides is 1. The number of ether oxygens (including phenoxy) is 1. The molecule has 0 spiro atoms. The Morgan fingerprint density at radius 2 is 1.27 bits per heavy atom. The first kappa shape index (κ1) is 41.7. The van der Waals surface area contributed by atoms with Gasteiger partial charge in [-0.3, -0.25) is 19.4 Å².